The Hall–Kier alpha value is 0.0500. The van der Waals surface area contributed by atoms with Crippen molar-refractivity contribution in [1.82, 2.24) is 4.72 Å². The number of hydrogen-bond donors (Lipinski definition) is 0. The van der Waals surface area contributed by atoms with Crippen molar-refractivity contribution < 1.29 is 0 Å². The highest BCUT2D eigenvalue weighted by Gasteiger charge is 1.96. The molecule has 1 nitrogen and oxygen atoms in total. The van der Waals surface area contributed by atoms with Crippen molar-refractivity contribution >= 4 is 11.9 Å². The van der Waals surface area contributed by atoms with Gasteiger partial charge < -0.3 is 0 Å². The third kappa shape index (κ3) is 0.758. The molecule has 0 aliphatic carbocycles. The number of hydrogen-bond acceptors (Lipinski definition) is 1. The molecule has 0 atom stereocenters. The second-order valence-corrected chi connectivity index (χ2v) is 2.30. The summed E-state index contributed by atoms with van der Waals surface area (Å²) in [6, 6.07) is 0. The third-order valence-electron chi connectivity index (χ3n) is 0.662. The van der Waals surface area contributed by atoms with Crippen molar-refractivity contribution in [1.29, 1.82) is 0 Å². The molecule has 0 fully saturated rings. The Morgan fingerprint density at radius 2 is 2.83 bits per heavy atom. The van der Waals surface area contributed by atoms with E-state index in [0.29, 0.717) is 0 Å². The van der Waals surface area contributed by atoms with Crippen LogP contribution in [0.4, 0.5) is 0 Å². The summed E-state index contributed by atoms with van der Waals surface area (Å²) in [5, 5.41) is 0. The molecule has 0 aromatic heterocycles. The summed E-state index contributed by atoms with van der Waals surface area (Å²) < 4.78 is 3.99. The molecule has 0 aromatic rings. The molecular formula is C4H6NS. The summed E-state index contributed by atoms with van der Waals surface area (Å²) in [4.78, 5) is 1.33. The van der Waals surface area contributed by atoms with E-state index in [1.807, 2.05) is 0 Å². The molecule has 0 saturated carbocycles. The van der Waals surface area contributed by atoms with E-state index in [1.165, 1.54) is 4.91 Å². The van der Waals surface area contributed by atoms with Crippen molar-refractivity contribution in [2.24, 2.45) is 0 Å². The second kappa shape index (κ2) is 1.67. The summed E-state index contributed by atoms with van der Waals surface area (Å²) in [6.45, 7) is 2.98. The van der Waals surface area contributed by atoms with Gasteiger partial charge in [-0.05, 0) is 23.8 Å². The van der Waals surface area contributed by atoms with Crippen LogP contribution in [0.15, 0.2) is 11.0 Å². The molecule has 0 spiro atoms. The number of allylic oxidation sites excluding steroid dienone is 1. The van der Waals surface area contributed by atoms with Gasteiger partial charge in [-0.1, -0.05) is 6.08 Å². The highest BCUT2D eigenvalue weighted by atomic mass is 32.2. The maximum absolute atomic E-state index is 3.99. The van der Waals surface area contributed by atoms with Crippen LogP contribution in [0.2, 0.25) is 0 Å². The average molecular weight is 100 g/mol. The van der Waals surface area contributed by atoms with Crippen LogP contribution in [0, 0.1) is 0 Å². The van der Waals surface area contributed by atoms with Crippen molar-refractivity contribution in [3.63, 3.8) is 0 Å². The lowest BCUT2D eigenvalue weighted by molar-refractivity contribution is 1.14. The Labute approximate surface area is 41.9 Å². The summed E-state index contributed by atoms with van der Waals surface area (Å²) >= 11 is 1.58. The number of nitrogens with zero attached hydrogens (tertiary/aromatic N) is 1. The van der Waals surface area contributed by atoms with Gasteiger partial charge >= 0.3 is 0 Å². The SMILES string of the molecule is CC1=CC[N]S1. The van der Waals surface area contributed by atoms with E-state index in [9.17, 15) is 0 Å². The first-order valence-electron chi connectivity index (χ1n) is 1.90. The molecule has 33 valence electrons. The Morgan fingerprint density at radius 3 is 3.00 bits per heavy atom. The monoisotopic (exact) mass is 100 g/mol. The Morgan fingerprint density at radius 1 is 2.00 bits per heavy atom. The van der Waals surface area contributed by atoms with Crippen LogP contribution in [-0.4, -0.2) is 6.54 Å². The zero-order valence-electron chi connectivity index (χ0n) is 3.64. The topological polar surface area (TPSA) is 14.1 Å². The first-order chi connectivity index (χ1) is 2.89. The Balaban J connectivity index is 2.45. The summed E-state index contributed by atoms with van der Waals surface area (Å²) in [5.74, 6) is 0. The molecule has 6 heavy (non-hydrogen) atoms. The molecule has 1 radical (unpaired) electrons. The van der Waals surface area contributed by atoms with E-state index < -0.39 is 0 Å². The molecule has 2 heteroatoms. The molecular weight excluding hydrogens is 94.1 g/mol. The fourth-order valence-corrected chi connectivity index (χ4v) is 0.844. The van der Waals surface area contributed by atoms with Crippen LogP contribution in [0.5, 0.6) is 0 Å². The minimum atomic E-state index is 0.913. The summed E-state index contributed by atoms with van der Waals surface area (Å²) in [5.41, 5.74) is 0. The zero-order valence-corrected chi connectivity index (χ0v) is 4.46. The van der Waals surface area contributed by atoms with Crippen molar-refractivity contribution in [2.75, 3.05) is 6.54 Å². The average Bonchev–Trinajstić information content (AvgIpc) is 1.86. The first-order valence-corrected chi connectivity index (χ1v) is 2.67. The van der Waals surface area contributed by atoms with Gasteiger partial charge in [0.15, 0.2) is 0 Å². The molecule has 0 saturated heterocycles. The van der Waals surface area contributed by atoms with Crippen LogP contribution in [0.25, 0.3) is 0 Å². The molecule has 0 unspecified atom stereocenters. The van der Waals surface area contributed by atoms with E-state index in [4.69, 9.17) is 0 Å². The van der Waals surface area contributed by atoms with E-state index >= 15 is 0 Å². The predicted octanol–water partition coefficient (Wildman–Crippen LogP) is 1.16. The van der Waals surface area contributed by atoms with Crippen LogP contribution in [-0.2, 0) is 0 Å². The lowest BCUT2D eigenvalue weighted by Gasteiger charge is -1.79. The van der Waals surface area contributed by atoms with Crippen molar-refractivity contribution in [2.45, 2.75) is 6.92 Å². The molecule has 1 rings (SSSR count). The van der Waals surface area contributed by atoms with Crippen LogP contribution in [0.1, 0.15) is 6.92 Å². The van der Waals surface area contributed by atoms with E-state index in [2.05, 4.69) is 17.7 Å². The lowest BCUT2D eigenvalue weighted by atomic mass is 10.5. The standard InChI is InChI=1S/C4H6NS/c1-4-2-3-5-6-4/h2H,3H2,1H3. The Bertz CT molecular complexity index is 77.6. The van der Waals surface area contributed by atoms with Crippen LogP contribution in [0.3, 0.4) is 0 Å². The zero-order chi connectivity index (χ0) is 4.41. The van der Waals surface area contributed by atoms with Gasteiger partial charge in [-0.2, -0.15) is 4.72 Å². The first kappa shape index (κ1) is 4.22. The van der Waals surface area contributed by atoms with Crippen molar-refractivity contribution in [3.05, 3.63) is 11.0 Å². The summed E-state index contributed by atoms with van der Waals surface area (Å²) in [6.07, 6.45) is 2.12. The molecule has 1 aliphatic rings. The van der Waals surface area contributed by atoms with E-state index in [-0.39, 0.29) is 0 Å². The van der Waals surface area contributed by atoms with Crippen molar-refractivity contribution in [3.8, 4) is 0 Å². The van der Waals surface area contributed by atoms with Crippen LogP contribution < -0.4 is 4.72 Å². The normalized spacial score (nSPS) is 21.2. The molecule has 0 amide bonds. The quantitative estimate of drug-likeness (QED) is 0.416. The molecule has 0 bridgehead atoms. The molecule has 1 heterocycles. The maximum Gasteiger partial charge on any atom is 0.0452 e. The van der Waals surface area contributed by atoms with Gasteiger partial charge in [-0.3, -0.25) is 0 Å². The third-order valence-corrected chi connectivity index (χ3v) is 1.39. The summed E-state index contributed by atoms with van der Waals surface area (Å²) in [7, 11) is 0. The highest BCUT2D eigenvalue weighted by Crippen LogP contribution is 2.15. The molecule has 1 aliphatic heterocycles. The fourth-order valence-electron chi connectivity index (χ4n) is 0.342. The lowest BCUT2D eigenvalue weighted by Crippen LogP contribution is -1.81. The number of rotatable bonds is 0. The van der Waals surface area contributed by atoms with Gasteiger partial charge in [0.2, 0.25) is 0 Å². The fraction of sp³-hybridized carbons (Fsp3) is 0.500. The van der Waals surface area contributed by atoms with E-state index in [1.54, 1.807) is 11.9 Å². The van der Waals surface area contributed by atoms with Gasteiger partial charge in [0.05, 0.1) is 0 Å². The minimum Gasteiger partial charge on any atom is -0.166 e. The van der Waals surface area contributed by atoms with Gasteiger partial charge in [-0.15, -0.1) is 0 Å². The van der Waals surface area contributed by atoms with Gasteiger partial charge in [0.25, 0.3) is 0 Å². The minimum absolute atomic E-state index is 0.913. The van der Waals surface area contributed by atoms with Gasteiger partial charge in [0.1, 0.15) is 0 Å². The Kier molecular flexibility index (Phi) is 1.17. The molecule has 0 N–H and O–H groups in total. The van der Waals surface area contributed by atoms with Gasteiger partial charge in [0, 0.05) is 6.54 Å². The maximum atomic E-state index is 3.99. The van der Waals surface area contributed by atoms with Crippen LogP contribution >= 0.6 is 11.9 Å². The predicted molar refractivity (Wildman–Crippen MR) is 28.3 cm³/mol. The second-order valence-electron chi connectivity index (χ2n) is 1.22. The van der Waals surface area contributed by atoms with E-state index in [0.717, 1.165) is 6.54 Å². The largest absolute Gasteiger partial charge is 0.166 e. The molecule has 0 aromatic carbocycles. The van der Waals surface area contributed by atoms with Gasteiger partial charge in [-0.25, -0.2) is 0 Å². The smallest absolute Gasteiger partial charge is 0.0452 e. The highest BCUT2D eigenvalue weighted by molar-refractivity contribution is 8.01.